The van der Waals surface area contributed by atoms with Gasteiger partial charge in [0.2, 0.25) is 0 Å². The number of H-pyrrole nitrogens is 1. The average Bonchev–Trinajstić information content (AvgIpc) is 3.35. The van der Waals surface area contributed by atoms with Crippen molar-refractivity contribution in [3.05, 3.63) is 65.5 Å². The lowest BCUT2D eigenvalue weighted by atomic mass is 9.84. The van der Waals surface area contributed by atoms with E-state index in [2.05, 4.69) is 25.5 Å². The number of carbonyl (C=O) groups is 1. The number of benzene rings is 2. The number of aromatic nitrogens is 4. The van der Waals surface area contributed by atoms with E-state index >= 15 is 0 Å². The van der Waals surface area contributed by atoms with Gasteiger partial charge < -0.3 is 4.90 Å². The molecule has 28 heavy (non-hydrogen) atoms. The molecule has 2 atom stereocenters. The molecule has 5 rings (SSSR count). The molecule has 2 aliphatic heterocycles. The lowest BCUT2D eigenvalue weighted by Gasteiger charge is -2.39. The zero-order chi connectivity index (χ0) is 19.1. The number of rotatable bonds is 3. The van der Waals surface area contributed by atoms with Gasteiger partial charge in [-0.3, -0.25) is 4.79 Å². The van der Waals surface area contributed by atoms with Gasteiger partial charge >= 0.3 is 0 Å². The second-order valence-electron chi connectivity index (χ2n) is 7.65. The first kappa shape index (κ1) is 17.0. The van der Waals surface area contributed by atoms with Crippen LogP contribution in [0.25, 0.3) is 11.4 Å². The van der Waals surface area contributed by atoms with E-state index in [1.54, 1.807) is 0 Å². The standard InChI is InChI=1S/C21H20FN5O/c22-17-6-4-13(5-7-17)16-11-18-8-9-19(12-16)27(18)21(28)15-3-1-2-14(10-15)20-23-25-26-24-20/h1-7,10,16,18-19H,8-9,11-12H2,(H,23,24,25,26). The Morgan fingerprint density at radius 1 is 1.07 bits per heavy atom. The number of nitrogens with zero attached hydrogens (tertiary/aromatic N) is 4. The van der Waals surface area contributed by atoms with Crippen molar-refractivity contribution in [2.45, 2.75) is 43.7 Å². The van der Waals surface area contributed by atoms with E-state index < -0.39 is 0 Å². The number of hydrogen-bond acceptors (Lipinski definition) is 4. The van der Waals surface area contributed by atoms with E-state index in [1.165, 1.54) is 17.7 Å². The van der Waals surface area contributed by atoms with Crippen molar-refractivity contribution in [2.24, 2.45) is 0 Å². The number of piperidine rings is 1. The molecule has 1 N–H and O–H groups in total. The molecule has 0 aliphatic carbocycles. The van der Waals surface area contributed by atoms with Crippen LogP contribution in [-0.4, -0.2) is 43.5 Å². The number of carbonyl (C=O) groups excluding carboxylic acids is 1. The highest BCUT2D eigenvalue weighted by molar-refractivity contribution is 5.96. The third kappa shape index (κ3) is 2.96. The van der Waals surface area contributed by atoms with Crippen LogP contribution in [0.5, 0.6) is 0 Å². The molecule has 1 aromatic heterocycles. The van der Waals surface area contributed by atoms with Gasteiger partial charge in [0.25, 0.3) is 5.91 Å². The number of nitrogens with one attached hydrogen (secondary N) is 1. The molecule has 0 radical (unpaired) electrons. The minimum atomic E-state index is -0.207. The zero-order valence-electron chi connectivity index (χ0n) is 15.3. The molecule has 2 aromatic carbocycles. The maximum Gasteiger partial charge on any atom is 0.254 e. The Balaban J connectivity index is 1.37. The molecule has 6 nitrogen and oxygen atoms in total. The van der Waals surface area contributed by atoms with E-state index in [4.69, 9.17) is 0 Å². The highest BCUT2D eigenvalue weighted by Gasteiger charge is 2.43. The first-order valence-corrected chi connectivity index (χ1v) is 9.61. The molecule has 0 saturated carbocycles. The van der Waals surface area contributed by atoms with Gasteiger partial charge in [-0.1, -0.05) is 24.3 Å². The van der Waals surface area contributed by atoms with Crippen molar-refractivity contribution in [2.75, 3.05) is 0 Å². The van der Waals surface area contributed by atoms with Crippen LogP contribution in [0.1, 0.15) is 47.5 Å². The predicted molar refractivity (Wildman–Crippen MR) is 101 cm³/mol. The second kappa shape index (κ2) is 6.82. The highest BCUT2D eigenvalue weighted by atomic mass is 19.1. The Morgan fingerprint density at radius 3 is 2.50 bits per heavy atom. The molecular formula is C21H20FN5O. The van der Waals surface area contributed by atoms with E-state index in [0.717, 1.165) is 31.2 Å². The lowest BCUT2D eigenvalue weighted by molar-refractivity contribution is 0.0571. The van der Waals surface area contributed by atoms with Crippen LogP contribution in [-0.2, 0) is 0 Å². The Kier molecular flexibility index (Phi) is 4.15. The Bertz CT molecular complexity index is 974. The van der Waals surface area contributed by atoms with Gasteiger partial charge in [0.15, 0.2) is 5.82 Å². The van der Waals surface area contributed by atoms with Crippen LogP contribution in [0.4, 0.5) is 4.39 Å². The molecule has 2 unspecified atom stereocenters. The van der Waals surface area contributed by atoms with Crippen molar-refractivity contribution < 1.29 is 9.18 Å². The van der Waals surface area contributed by atoms with E-state index in [1.807, 2.05) is 36.4 Å². The van der Waals surface area contributed by atoms with Gasteiger partial charge in [-0.2, -0.15) is 0 Å². The summed E-state index contributed by atoms with van der Waals surface area (Å²) in [5.41, 5.74) is 2.63. The summed E-state index contributed by atoms with van der Waals surface area (Å²) in [5, 5.41) is 13.9. The number of fused-ring (bicyclic) bond motifs is 2. The summed E-state index contributed by atoms with van der Waals surface area (Å²) in [6.07, 6.45) is 3.92. The monoisotopic (exact) mass is 377 g/mol. The molecule has 3 aromatic rings. The van der Waals surface area contributed by atoms with Crippen molar-refractivity contribution in [1.82, 2.24) is 25.5 Å². The second-order valence-corrected chi connectivity index (χ2v) is 7.65. The van der Waals surface area contributed by atoms with Crippen LogP contribution < -0.4 is 0 Å². The van der Waals surface area contributed by atoms with Gasteiger partial charge in [0, 0.05) is 23.2 Å². The van der Waals surface area contributed by atoms with Crippen LogP contribution in [0, 0.1) is 5.82 Å². The minimum Gasteiger partial charge on any atom is -0.333 e. The van der Waals surface area contributed by atoms with Crippen molar-refractivity contribution in [3.8, 4) is 11.4 Å². The topological polar surface area (TPSA) is 74.8 Å². The summed E-state index contributed by atoms with van der Waals surface area (Å²) >= 11 is 0. The van der Waals surface area contributed by atoms with Gasteiger partial charge in [-0.25, -0.2) is 9.49 Å². The van der Waals surface area contributed by atoms with Gasteiger partial charge in [-0.15, -0.1) is 5.10 Å². The summed E-state index contributed by atoms with van der Waals surface area (Å²) in [6.45, 7) is 0. The number of halogens is 1. The lowest BCUT2D eigenvalue weighted by Crippen LogP contribution is -2.46. The van der Waals surface area contributed by atoms with Crippen molar-refractivity contribution >= 4 is 5.91 Å². The molecule has 2 bridgehead atoms. The van der Waals surface area contributed by atoms with E-state index in [0.29, 0.717) is 17.3 Å². The fourth-order valence-electron chi connectivity index (χ4n) is 4.75. The third-order valence-electron chi connectivity index (χ3n) is 6.04. The van der Waals surface area contributed by atoms with Crippen LogP contribution in [0.15, 0.2) is 48.5 Å². The van der Waals surface area contributed by atoms with Crippen molar-refractivity contribution in [3.63, 3.8) is 0 Å². The Hall–Kier alpha value is -3.09. The first-order chi connectivity index (χ1) is 13.7. The maximum absolute atomic E-state index is 13.3. The SMILES string of the molecule is O=C(c1cccc(-c2nnn[nH]2)c1)N1C2CCC1CC(c1ccc(F)cc1)C2. The summed E-state index contributed by atoms with van der Waals surface area (Å²) in [7, 11) is 0. The van der Waals surface area contributed by atoms with Crippen LogP contribution in [0.3, 0.4) is 0 Å². The van der Waals surface area contributed by atoms with Gasteiger partial charge in [-0.05, 0) is 71.9 Å². The Labute approximate surface area is 161 Å². The smallest absolute Gasteiger partial charge is 0.254 e. The molecule has 142 valence electrons. The van der Waals surface area contributed by atoms with Gasteiger partial charge in [0.1, 0.15) is 5.82 Å². The summed E-state index contributed by atoms with van der Waals surface area (Å²) < 4.78 is 13.2. The summed E-state index contributed by atoms with van der Waals surface area (Å²) in [6, 6.07) is 14.7. The Morgan fingerprint density at radius 2 is 1.82 bits per heavy atom. The van der Waals surface area contributed by atoms with E-state index in [9.17, 15) is 9.18 Å². The largest absolute Gasteiger partial charge is 0.333 e. The molecule has 0 spiro atoms. The zero-order valence-corrected chi connectivity index (χ0v) is 15.3. The molecule has 1 amide bonds. The molecule has 2 saturated heterocycles. The van der Waals surface area contributed by atoms with Gasteiger partial charge in [0.05, 0.1) is 0 Å². The molecule has 3 heterocycles. The fourth-order valence-corrected chi connectivity index (χ4v) is 4.75. The summed E-state index contributed by atoms with van der Waals surface area (Å²) in [5.74, 6) is 0.793. The molecular weight excluding hydrogens is 357 g/mol. The first-order valence-electron chi connectivity index (χ1n) is 9.61. The predicted octanol–water partition coefficient (Wildman–Crippen LogP) is 3.56. The van der Waals surface area contributed by atoms with Crippen LogP contribution in [0.2, 0.25) is 0 Å². The maximum atomic E-state index is 13.3. The fraction of sp³-hybridized carbons (Fsp3) is 0.333. The third-order valence-corrected chi connectivity index (χ3v) is 6.04. The molecule has 7 heteroatoms. The molecule has 2 fully saturated rings. The highest BCUT2D eigenvalue weighted by Crippen LogP contribution is 2.43. The van der Waals surface area contributed by atoms with E-state index in [-0.39, 0.29) is 23.8 Å². The minimum absolute atomic E-state index is 0.0689. The summed E-state index contributed by atoms with van der Waals surface area (Å²) in [4.78, 5) is 15.4. The normalized spacial score (nSPS) is 23.8. The van der Waals surface area contributed by atoms with Crippen molar-refractivity contribution in [1.29, 1.82) is 0 Å². The van der Waals surface area contributed by atoms with Crippen LogP contribution >= 0.6 is 0 Å². The average molecular weight is 377 g/mol. The number of hydrogen-bond donors (Lipinski definition) is 1. The number of tetrazole rings is 1. The number of amides is 1. The molecule has 2 aliphatic rings. The quantitative estimate of drug-likeness (QED) is 0.757. The number of aromatic amines is 1.